The van der Waals surface area contributed by atoms with E-state index in [-0.39, 0.29) is 22.8 Å². The number of ether oxygens (including phenoxy) is 1. The molecule has 1 aromatic carbocycles. The number of aromatic hydroxyl groups is 2. The van der Waals surface area contributed by atoms with Crippen molar-refractivity contribution < 1.29 is 34.8 Å². The number of hydrogen-bond donors (Lipinski definition) is 4. The van der Waals surface area contributed by atoms with Gasteiger partial charge in [0.15, 0.2) is 11.5 Å². The lowest BCUT2D eigenvalue weighted by Crippen LogP contribution is -2.30. The van der Waals surface area contributed by atoms with Crippen LogP contribution in [0.1, 0.15) is 29.2 Å². The van der Waals surface area contributed by atoms with Gasteiger partial charge in [0.25, 0.3) is 5.56 Å². The lowest BCUT2D eigenvalue weighted by atomic mass is 9.88. The molecule has 2 aromatic rings. The van der Waals surface area contributed by atoms with Crippen LogP contribution in [-0.4, -0.2) is 44.0 Å². The van der Waals surface area contributed by atoms with Gasteiger partial charge in [-0.15, -0.1) is 0 Å². The van der Waals surface area contributed by atoms with Gasteiger partial charge in [-0.25, -0.2) is 0 Å². The smallest absolute Gasteiger partial charge is 0.323 e. The van der Waals surface area contributed by atoms with Crippen molar-refractivity contribution in [1.82, 2.24) is 4.57 Å². The minimum atomic E-state index is -1.25. The number of nitrogens with zero attached hydrogens (tertiary/aromatic N) is 1. The third-order valence-corrected chi connectivity index (χ3v) is 4.15. The summed E-state index contributed by atoms with van der Waals surface area (Å²) in [7, 11) is 1.31. The minimum absolute atomic E-state index is 0.0698. The summed E-state index contributed by atoms with van der Waals surface area (Å²) in [6.45, 7) is 0.834. The van der Waals surface area contributed by atoms with Crippen LogP contribution in [0.4, 0.5) is 0 Å². The first-order valence-corrected chi connectivity index (χ1v) is 7.89. The maximum absolute atomic E-state index is 12.8. The Morgan fingerprint density at radius 3 is 2.33 bits per heavy atom. The molecule has 4 N–H and O–H groups in total. The van der Waals surface area contributed by atoms with E-state index in [1.807, 2.05) is 0 Å². The Balaban J connectivity index is 2.72. The molecule has 0 aliphatic heterocycles. The van der Waals surface area contributed by atoms with E-state index in [4.69, 9.17) is 9.84 Å². The second kappa shape index (κ2) is 7.81. The first-order chi connectivity index (χ1) is 12.6. The summed E-state index contributed by atoms with van der Waals surface area (Å²) in [5.74, 6) is -4.09. The molecule has 27 heavy (non-hydrogen) atoms. The molecule has 0 fully saturated rings. The average Bonchev–Trinajstić information content (AvgIpc) is 2.57. The van der Waals surface area contributed by atoms with Crippen molar-refractivity contribution in [2.45, 2.75) is 25.8 Å². The third kappa shape index (κ3) is 4.20. The van der Waals surface area contributed by atoms with Crippen molar-refractivity contribution in [1.29, 1.82) is 0 Å². The van der Waals surface area contributed by atoms with Crippen LogP contribution in [0.15, 0.2) is 29.1 Å². The normalized spacial score (nSPS) is 11.8. The van der Waals surface area contributed by atoms with Gasteiger partial charge in [-0.2, -0.15) is 0 Å². The van der Waals surface area contributed by atoms with Crippen LogP contribution in [0.25, 0.3) is 0 Å². The van der Waals surface area contributed by atoms with Crippen molar-refractivity contribution in [2.75, 3.05) is 7.11 Å². The largest absolute Gasteiger partial charge is 0.507 e. The van der Waals surface area contributed by atoms with Gasteiger partial charge in [0.05, 0.1) is 19.1 Å². The van der Waals surface area contributed by atoms with E-state index in [9.17, 15) is 29.7 Å². The maximum Gasteiger partial charge on any atom is 0.323 e. The van der Waals surface area contributed by atoms with E-state index in [1.54, 1.807) is 0 Å². The number of phenols is 1. The molecule has 0 amide bonds. The molecule has 1 aromatic heterocycles. The average molecular weight is 377 g/mol. The Kier molecular flexibility index (Phi) is 5.74. The van der Waals surface area contributed by atoms with Crippen molar-refractivity contribution in [2.24, 2.45) is 0 Å². The lowest BCUT2D eigenvalue weighted by Gasteiger charge is -2.20. The van der Waals surface area contributed by atoms with Gasteiger partial charge in [0.1, 0.15) is 12.3 Å². The molecule has 0 unspecified atom stereocenters. The van der Waals surface area contributed by atoms with E-state index in [1.165, 1.54) is 38.3 Å². The molecule has 0 radical (unpaired) electrons. The predicted molar refractivity (Wildman–Crippen MR) is 93.5 cm³/mol. The Hall–Kier alpha value is -3.49. The SMILES string of the molecule is COc1cc([C@@H](CC(=O)O)c2c(O)cc(C)n(CC(=O)O)c2=O)ccc1O. The standard InChI is InChI=1S/C18H19NO8/c1-9-5-13(21)17(18(26)19(9)8-16(24)25)11(7-15(22)23)10-3-4-12(20)14(6-10)27-2/h3-6,11,20-21H,7-8H2,1-2H3,(H,22,23)(H,24,25)/t11-/m1/s1. The number of carboxylic acids is 2. The number of rotatable bonds is 7. The number of aryl methyl sites for hydroxylation is 1. The van der Waals surface area contributed by atoms with Crippen LogP contribution in [0.3, 0.4) is 0 Å². The number of carboxylic acid groups (broad SMARTS) is 2. The van der Waals surface area contributed by atoms with Crippen molar-refractivity contribution >= 4 is 11.9 Å². The quantitative estimate of drug-likeness (QED) is 0.564. The molecule has 1 heterocycles. The van der Waals surface area contributed by atoms with Crippen LogP contribution in [-0.2, 0) is 16.1 Å². The zero-order valence-electron chi connectivity index (χ0n) is 14.7. The number of pyridine rings is 1. The highest BCUT2D eigenvalue weighted by Crippen LogP contribution is 2.36. The van der Waals surface area contributed by atoms with Crippen LogP contribution in [0, 0.1) is 6.92 Å². The molecular weight excluding hydrogens is 358 g/mol. The number of aliphatic carboxylic acids is 2. The molecular formula is C18H19NO8. The Morgan fingerprint density at radius 2 is 1.78 bits per heavy atom. The maximum atomic E-state index is 12.8. The summed E-state index contributed by atoms with van der Waals surface area (Å²) in [6.07, 6.45) is -0.535. The van der Waals surface area contributed by atoms with Gasteiger partial charge in [0.2, 0.25) is 0 Å². The van der Waals surface area contributed by atoms with E-state index in [0.29, 0.717) is 5.56 Å². The van der Waals surface area contributed by atoms with E-state index in [0.717, 1.165) is 4.57 Å². The zero-order valence-corrected chi connectivity index (χ0v) is 14.7. The monoisotopic (exact) mass is 377 g/mol. The number of benzene rings is 1. The van der Waals surface area contributed by atoms with E-state index >= 15 is 0 Å². The van der Waals surface area contributed by atoms with Gasteiger partial charge in [0, 0.05) is 11.6 Å². The molecule has 144 valence electrons. The fraction of sp³-hybridized carbons (Fsp3) is 0.278. The van der Waals surface area contributed by atoms with Crippen LogP contribution >= 0.6 is 0 Å². The Morgan fingerprint density at radius 1 is 1.11 bits per heavy atom. The number of carbonyl (C=O) groups is 2. The molecule has 0 bridgehead atoms. The highest BCUT2D eigenvalue weighted by molar-refractivity contribution is 5.70. The number of aromatic nitrogens is 1. The van der Waals surface area contributed by atoms with Gasteiger partial charge in [-0.3, -0.25) is 14.4 Å². The molecule has 0 saturated carbocycles. The predicted octanol–water partition coefficient (Wildman–Crippen LogP) is 1.27. The minimum Gasteiger partial charge on any atom is -0.507 e. The molecule has 0 saturated heterocycles. The molecule has 2 rings (SSSR count). The summed E-state index contributed by atoms with van der Waals surface area (Å²) in [5.41, 5.74) is -0.503. The summed E-state index contributed by atoms with van der Waals surface area (Å²) < 4.78 is 5.96. The topological polar surface area (TPSA) is 146 Å². The second-order valence-electron chi connectivity index (χ2n) is 5.95. The summed E-state index contributed by atoms with van der Waals surface area (Å²) in [4.78, 5) is 35.2. The number of methoxy groups -OCH3 is 1. The molecule has 9 heteroatoms. The Bertz CT molecular complexity index is 947. The molecule has 9 nitrogen and oxygen atoms in total. The number of hydrogen-bond acceptors (Lipinski definition) is 6. The highest BCUT2D eigenvalue weighted by Gasteiger charge is 2.27. The fourth-order valence-electron chi connectivity index (χ4n) is 2.90. The second-order valence-corrected chi connectivity index (χ2v) is 5.95. The summed E-state index contributed by atoms with van der Waals surface area (Å²) in [5, 5.41) is 38.3. The van der Waals surface area contributed by atoms with E-state index < -0.39 is 42.1 Å². The van der Waals surface area contributed by atoms with Crippen molar-refractivity contribution in [3.05, 3.63) is 51.4 Å². The summed E-state index contributed by atoms with van der Waals surface area (Å²) >= 11 is 0. The molecule has 0 aliphatic rings. The number of phenolic OH excluding ortho intramolecular Hbond substituents is 1. The highest BCUT2D eigenvalue weighted by atomic mass is 16.5. The van der Waals surface area contributed by atoms with Gasteiger partial charge < -0.3 is 29.7 Å². The lowest BCUT2D eigenvalue weighted by molar-refractivity contribution is -0.138. The fourth-order valence-corrected chi connectivity index (χ4v) is 2.90. The summed E-state index contributed by atoms with van der Waals surface area (Å²) in [6, 6.07) is 5.27. The van der Waals surface area contributed by atoms with E-state index in [2.05, 4.69) is 0 Å². The van der Waals surface area contributed by atoms with Crippen molar-refractivity contribution in [3.63, 3.8) is 0 Å². The Labute approximate surface area is 153 Å². The van der Waals surface area contributed by atoms with Gasteiger partial charge >= 0.3 is 11.9 Å². The first-order valence-electron chi connectivity index (χ1n) is 7.89. The van der Waals surface area contributed by atoms with Gasteiger partial charge in [-0.1, -0.05) is 6.07 Å². The van der Waals surface area contributed by atoms with Crippen LogP contribution in [0.5, 0.6) is 17.2 Å². The van der Waals surface area contributed by atoms with Crippen LogP contribution < -0.4 is 10.3 Å². The van der Waals surface area contributed by atoms with Crippen molar-refractivity contribution in [3.8, 4) is 17.2 Å². The first kappa shape index (κ1) is 19.8. The van der Waals surface area contributed by atoms with Crippen LogP contribution in [0.2, 0.25) is 0 Å². The zero-order chi connectivity index (χ0) is 20.3. The molecule has 1 atom stereocenters. The molecule has 0 aliphatic carbocycles. The third-order valence-electron chi connectivity index (χ3n) is 4.15. The molecule has 0 spiro atoms. The van der Waals surface area contributed by atoms with Gasteiger partial charge in [-0.05, 0) is 30.7 Å².